The van der Waals surface area contributed by atoms with Gasteiger partial charge < -0.3 is 4.90 Å². The van der Waals surface area contributed by atoms with Gasteiger partial charge in [0.1, 0.15) is 11.6 Å². The molecule has 1 aliphatic rings. The van der Waals surface area contributed by atoms with Crippen LogP contribution in [-0.4, -0.2) is 38.1 Å². The second kappa shape index (κ2) is 3.74. The fraction of sp³-hybridized carbons (Fsp3) is 0.273. The van der Waals surface area contributed by atoms with Gasteiger partial charge in [-0.05, 0) is 6.07 Å². The van der Waals surface area contributed by atoms with Crippen LogP contribution in [-0.2, 0) is 0 Å². The van der Waals surface area contributed by atoms with Gasteiger partial charge in [-0.3, -0.25) is 4.98 Å². The highest BCUT2D eigenvalue weighted by Gasteiger charge is 2.31. The monoisotopic (exact) mass is 258 g/mol. The van der Waals surface area contributed by atoms with Crippen LogP contribution in [0.4, 0.5) is 5.13 Å². The lowest BCUT2D eigenvalue weighted by atomic mass is 10.1. The van der Waals surface area contributed by atoms with E-state index in [1.54, 1.807) is 34.7 Å². The Morgan fingerprint density at radius 2 is 2.00 bits per heavy atom. The van der Waals surface area contributed by atoms with Crippen LogP contribution in [0.3, 0.4) is 0 Å². The van der Waals surface area contributed by atoms with Gasteiger partial charge in [-0.15, -0.1) is 0 Å². The number of pyridine rings is 1. The van der Waals surface area contributed by atoms with Crippen molar-refractivity contribution in [3.8, 4) is 0 Å². The summed E-state index contributed by atoms with van der Waals surface area (Å²) in [6.07, 6.45) is 7.04. The van der Waals surface area contributed by atoms with E-state index < -0.39 is 0 Å². The SMILES string of the molecule is c1cc2sc(N3CC(n4nccn4)C3)nc2cn1. The summed E-state index contributed by atoms with van der Waals surface area (Å²) in [5, 5.41) is 9.38. The molecule has 1 fully saturated rings. The summed E-state index contributed by atoms with van der Waals surface area (Å²) in [7, 11) is 0. The second-order valence-electron chi connectivity index (χ2n) is 4.25. The molecule has 4 heterocycles. The molecule has 0 spiro atoms. The minimum absolute atomic E-state index is 0.366. The summed E-state index contributed by atoms with van der Waals surface area (Å²) < 4.78 is 1.18. The first-order valence-corrected chi connectivity index (χ1v) is 6.53. The molecule has 0 atom stereocenters. The molecule has 0 bridgehead atoms. The Morgan fingerprint density at radius 1 is 1.17 bits per heavy atom. The number of aromatic nitrogens is 5. The molecule has 1 aliphatic heterocycles. The number of anilines is 1. The van der Waals surface area contributed by atoms with Gasteiger partial charge in [0.25, 0.3) is 0 Å². The third kappa shape index (κ3) is 1.47. The normalized spacial score (nSPS) is 16.1. The van der Waals surface area contributed by atoms with Crippen LogP contribution < -0.4 is 4.90 Å². The van der Waals surface area contributed by atoms with E-state index in [1.165, 1.54) is 4.70 Å². The maximum absolute atomic E-state index is 4.58. The average molecular weight is 258 g/mol. The Morgan fingerprint density at radius 3 is 2.78 bits per heavy atom. The summed E-state index contributed by atoms with van der Waals surface area (Å²) >= 11 is 1.71. The van der Waals surface area contributed by atoms with E-state index in [4.69, 9.17) is 0 Å². The van der Waals surface area contributed by atoms with E-state index in [1.807, 2.05) is 12.3 Å². The van der Waals surface area contributed by atoms with Crippen molar-refractivity contribution in [2.75, 3.05) is 18.0 Å². The topological polar surface area (TPSA) is 59.7 Å². The quantitative estimate of drug-likeness (QED) is 0.694. The second-order valence-corrected chi connectivity index (χ2v) is 5.26. The highest BCUT2D eigenvalue weighted by Crippen LogP contribution is 2.33. The van der Waals surface area contributed by atoms with Crippen LogP contribution in [0.5, 0.6) is 0 Å². The first kappa shape index (κ1) is 9.95. The smallest absolute Gasteiger partial charge is 0.186 e. The van der Waals surface area contributed by atoms with E-state index in [-0.39, 0.29) is 0 Å². The highest BCUT2D eigenvalue weighted by atomic mass is 32.1. The van der Waals surface area contributed by atoms with Crippen molar-refractivity contribution in [3.05, 3.63) is 30.9 Å². The van der Waals surface area contributed by atoms with Crippen molar-refractivity contribution in [1.82, 2.24) is 25.0 Å². The van der Waals surface area contributed by atoms with E-state index in [9.17, 15) is 0 Å². The molecular weight excluding hydrogens is 248 g/mol. The fourth-order valence-electron chi connectivity index (χ4n) is 2.08. The zero-order valence-electron chi connectivity index (χ0n) is 9.47. The number of hydrogen-bond donors (Lipinski definition) is 0. The molecule has 0 N–H and O–H groups in total. The van der Waals surface area contributed by atoms with Gasteiger partial charge in [-0.25, -0.2) is 4.98 Å². The van der Waals surface area contributed by atoms with E-state index >= 15 is 0 Å². The molecule has 18 heavy (non-hydrogen) atoms. The van der Waals surface area contributed by atoms with Gasteiger partial charge in [0, 0.05) is 19.3 Å². The molecule has 7 heteroatoms. The number of fused-ring (bicyclic) bond motifs is 1. The number of hydrogen-bond acceptors (Lipinski definition) is 6. The van der Waals surface area contributed by atoms with Gasteiger partial charge in [0.2, 0.25) is 0 Å². The van der Waals surface area contributed by atoms with Crippen LogP contribution in [0.2, 0.25) is 0 Å². The Hall–Kier alpha value is -2.02. The summed E-state index contributed by atoms with van der Waals surface area (Å²) in [6.45, 7) is 1.84. The zero-order chi connectivity index (χ0) is 11.9. The van der Waals surface area contributed by atoms with Crippen LogP contribution in [0.1, 0.15) is 6.04 Å². The van der Waals surface area contributed by atoms with Crippen LogP contribution in [0, 0.1) is 0 Å². The molecule has 1 saturated heterocycles. The Kier molecular flexibility index (Phi) is 2.07. The van der Waals surface area contributed by atoms with Gasteiger partial charge >= 0.3 is 0 Å². The molecule has 3 aromatic heterocycles. The third-order valence-electron chi connectivity index (χ3n) is 3.07. The lowest BCUT2D eigenvalue weighted by Crippen LogP contribution is -2.48. The lowest BCUT2D eigenvalue weighted by molar-refractivity contribution is 0.332. The molecule has 0 saturated carbocycles. The summed E-state index contributed by atoms with van der Waals surface area (Å²) in [5.74, 6) is 0. The molecule has 0 aromatic carbocycles. The number of nitrogens with zero attached hydrogens (tertiary/aromatic N) is 6. The molecule has 0 aliphatic carbocycles. The van der Waals surface area contributed by atoms with Crippen molar-refractivity contribution in [3.63, 3.8) is 0 Å². The van der Waals surface area contributed by atoms with Crippen molar-refractivity contribution in [2.45, 2.75) is 6.04 Å². The molecule has 90 valence electrons. The zero-order valence-corrected chi connectivity index (χ0v) is 10.3. The largest absolute Gasteiger partial charge is 0.343 e. The highest BCUT2D eigenvalue weighted by molar-refractivity contribution is 7.22. The Labute approximate surface area is 107 Å². The predicted molar refractivity (Wildman–Crippen MR) is 68.7 cm³/mol. The average Bonchev–Trinajstić information content (AvgIpc) is 2.94. The lowest BCUT2D eigenvalue weighted by Gasteiger charge is -2.37. The van der Waals surface area contributed by atoms with E-state index in [0.29, 0.717) is 6.04 Å². The molecule has 0 unspecified atom stereocenters. The molecule has 3 aromatic rings. The molecular formula is C11H10N6S. The van der Waals surface area contributed by atoms with Crippen LogP contribution in [0.15, 0.2) is 30.9 Å². The summed E-state index contributed by atoms with van der Waals surface area (Å²) in [5.41, 5.74) is 0.971. The van der Waals surface area contributed by atoms with Crippen LogP contribution in [0.25, 0.3) is 10.2 Å². The molecule has 0 radical (unpaired) electrons. The van der Waals surface area contributed by atoms with Crippen molar-refractivity contribution in [2.24, 2.45) is 0 Å². The van der Waals surface area contributed by atoms with Gasteiger partial charge in [-0.1, -0.05) is 11.3 Å². The molecule has 4 rings (SSSR count). The Balaban J connectivity index is 1.56. The van der Waals surface area contributed by atoms with Crippen molar-refractivity contribution >= 4 is 26.7 Å². The summed E-state index contributed by atoms with van der Waals surface area (Å²) in [4.78, 5) is 12.7. The standard InChI is InChI=1S/C11H10N6S/c1-2-12-5-9-10(1)18-11(15-9)16-6-8(7-16)17-13-3-4-14-17/h1-5,8H,6-7H2. The summed E-state index contributed by atoms with van der Waals surface area (Å²) in [6, 6.07) is 2.37. The fourth-order valence-corrected chi connectivity index (χ4v) is 3.03. The van der Waals surface area contributed by atoms with Gasteiger partial charge in [-0.2, -0.15) is 15.0 Å². The van der Waals surface area contributed by atoms with Crippen LogP contribution >= 0.6 is 11.3 Å². The van der Waals surface area contributed by atoms with Crippen molar-refractivity contribution < 1.29 is 0 Å². The number of thiazole rings is 1. The van der Waals surface area contributed by atoms with E-state index in [2.05, 4.69) is 25.1 Å². The van der Waals surface area contributed by atoms with E-state index in [0.717, 1.165) is 23.7 Å². The van der Waals surface area contributed by atoms with Crippen molar-refractivity contribution in [1.29, 1.82) is 0 Å². The van der Waals surface area contributed by atoms with Gasteiger partial charge in [0.15, 0.2) is 5.13 Å². The minimum Gasteiger partial charge on any atom is -0.343 e. The first-order chi connectivity index (χ1) is 8.90. The molecule has 0 amide bonds. The van der Waals surface area contributed by atoms with Gasteiger partial charge in [0.05, 0.1) is 23.3 Å². The predicted octanol–water partition coefficient (Wildman–Crippen LogP) is 1.34. The Bertz CT molecular complexity index is 637. The maximum Gasteiger partial charge on any atom is 0.186 e. The minimum atomic E-state index is 0.366. The third-order valence-corrected chi connectivity index (χ3v) is 4.17. The molecule has 6 nitrogen and oxygen atoms in total. The first-order valence-electron chi connectivity index (χ1n) is 5.71. The number of rotatable bonds is 2. The maximum atomic E-state index is 4.58.